The van der Waals surface area contributed by atoms with E-state index in [0.29, 0.717) is 17.9 Å². The van der Waals surface area contributed by atoms with Crippen molar-refractivity contribution >= 4 is 21.6 Å². The van der Waals surface area contributed by atoms with E-state index in [1.54, 1.807) is 24.3 Å². The highest BCUT2D eigenvalue weighted by Crippen LogP contribution is 2.40. The van der Waals surface area contributed by atoms with Crippen molar-refractivity contribution in [2.45, 2.75) is 50.7 Å². The first-order valence-electron chi connectivity index (χ1n) is 11.4. The first-order chi connectivity index (χ1) is 16.4. The number of hydrogen-bond acceptors (Lipinski definition) is 4. The van der Waals surface area contributed by atoms with Crippen LogP contribution in [0.3, 0.4) is 0 Å². The number of sulfonamides is 1. The number of aryl methyl sites for hydroxylation is 2. The van der Waals surface area contributed by atoms with Gasteiger partial charge in [0.1, 0.15) is 23.7 Å². The van der Waals surface area contributed by atoms with Crippen LogP contribution in [0, 0.1) is 19.7 Å². The number of amides is 1. The van der Waals surface area contributed by atoms with Crippen molar-refractivity contribution in [2.24, 2.45) is 0 Å². The summed E-state index contributed by atoms with van der Waals surface area (Å²) < 4.78 is 47.6. The quantitative estimate of drug-likeness (QED) is 0.518. The van der Waals surface area contributed by atoms with Crippen LogP contribution < -0.4 is 14.4 Å². The molecule has 0 bridgehead atoms. The monoisotopic (exact) mass is 496 g/mol. The molecule has 0 aromatic heterocycles. The fraction of sp³-hybridized carbons (Fsp3) is 0.296. The van der Waals surface area contributed by atoms with E-state index in [0.717, 1.165) is 33.1 Å². The Morgan fingerprint density at radius 2 is 1.66 bits per heavy atom. The van der Waals surface area contributed by atoms with Crippen LogP contribution >= 0.6 is 0 Å². The Morgan fingerprint density at radius 3 is 2.31 bits per heavy atom. The normalized spacial score (nSPS) is 16.7. The molecule has 1 N–H and O–H groups in total. The SMILES string of the molecule is Cc1ccc(N(CC(=O)NC2CC(C)(C)Oc3ccc(C)cc32)S(=O)(=O)c2ccc(F)cc2)cc1. The maximum absolute atomic E-state index is 13.5. The molecule has 3 aromatic rings. The van der Waals surface area contributed by atoms with Crippen LogP contribution in [0.4, 0.5) is 10.1 Å². The van der Waals surface area contributed by atoms with Crippen LogP contribution in [0.5, 0.6) is 5.75 Å². The molecule has 0 fully saturated rings. The molecule has 1 atom stereocenters. The van der Waals surface area contributed by atoms with Gasteiger partial charge in [-0.25, -0.2) is 12.8 Å². The Morgan fingerprint density at radius 1 is 1.03 bits per heavy atom. The highest BCUT2D eigenvalue weighted by molar-refractivity contribution is 7.92. The van der Waals surface area contributed by atoms with E-state index in [-0.39, 0.29) is 10.9 Å². The van der Waals surface area contributed by atoms with Crippen LogP contribution in [-0.2, 0) is 14.8 Å². The van der Waals surface area contributed by atoms with E-state index in [1.807, 2.05) is 45.9 Å². The van der Waals surface area contributed by atoms with Crippen LogP contribution in [0.1, 0.15) is 43.0 Å². The number of benzene rings is 3. The van der Waals surface area contributed by atoms with Gasteiger partial charge in [-0.3, -0.25) is 9.10 Å². The zero-order valence-corrected chi connectivity index (χ0v) is 21.0. The molecular weight excluding hydrogens is 467 g/mol. The molecular formula is C27H29FN2O4S. The lowest BCUT2D eigenvalue weighted by atomic mass is 9.89. The third kappa shape index (κ3) is 5.48. The zero-order valence-electron chi connectivity index (χ0n) is 20.2. The maximum atomic E-state index is 13.5. The fourth-order valence-corrected chi connectivity index (χ4v) is 5.65. The van der Waals surface area contributed by atoms with E-state index in [4.69, 9.17) is 4.74 Å². The van der Waals surface area contributed by atoms with Gasteiger partial charge in [-0.1, -0.05) is 35.4 Å². The van der Waals surface area contributed by atoms with Gasteiger partial charge in [-0.05, 0) is 70.2 Å². The summed E-state index contributed by atoms with van der Waals surface area (Å²) in [6, 6.07) is 16.9. The molecule has 0 saturated heterocycles. The molecule has 184 valence electrons. The number of anilines is 1. The van der Waals surface area contributed by atoms with Gasteiger partial charge in [0.25, 0.3) is 10.0 Å². The molecule has 8 heteroatoms. The summed E-state index contributed by atoms with van der Waals surface area (Å²) in [5.74, 6) is -0.294. The second-order valence-electron chi connectivity index (χ2n) is 9.53. The second-order valence-corrected chi connectivity index (χ2v) is 11.4. The number of ether oxygens (including phenoxy) is 1. The van der Waals surface area contributed by atoms with Gasteiger partial charge in [-0.15, -0.1) is 0 Å². The fourth-order valence-electron chi connectivity index (χ4n) is 4.23. The molecule has 6 nitrogen and oxygen atoms in total. The summed E-state index contributed by atoms with van der Waals surface area (Å²) in [6.45, 7) is 7.33. The number of nitrogens with zero attached hydrogens (tertiary/aromatic N) is 1. The van der Waals surface area contributed by atoms with Gasteiger partial charge in [0.2, 0.25) is 5.91 Å². The molecule has 0 aliphatic carbocycles. The molecule has 1 unspecified atom stereocenters. The Hall–Kier alpha value is -3.39. The number of carbonyl (C=O) groups is 1. The lowest BCUT2D eigenvalue weighted by Gasteiger charge is -2.38. The van der Waals surface area contributed by atoms with Crippen LogP contribution in [0.25, 0.3) is 0 Å². The third-order valence-electron chi connectivity index (χ3n) is 5.97. The lowest BCUT2D eigenvalue weighted by Crippen LogP contribution is -2.45. The molecule has 35 heavy (non-hydrogen) atoms. The average Bonchev–Trinajstić information content (AvgIpc) is 2.78. The van der Waals surface area contributed by atoms with Crippen molar-refractivity contribution in [1.82, 2.24) is 5.32 Å². The van der Waals surface area contributed by atoms with Crippen LogP contribution in [0.2, 0.25) is 0 Å². The summed E-state index contributed by atoms with van der Waals surface area (Å²) in [5.41, 5.74) is 2.69. The van der Waals surface area contributed by atoms with Crippen molar-refractivity contribution in [1.29, 1.82) is 0 Å². The molecule has 3 aromatic carbocycles. The first kappa shape index (κ1) is 24.7. The van der Waals surface area contributed by atoms with Crippen molar-refractivity contribution < 1.29 is 22.3 Å². The minimum Gasteiger partial charge on any atom is -0.487 e. The van der Waals surface area contributed by atoms with E-state index in [9.17, 15) is 17.6 Å². The summed E-state index contributed by atoms with van der Waals surface area (Å²) in [5, 5.41) is 3.02. The minimum absolute atomic E-state index is 0.0968. The highest BCUT2D eigenvalue weighted by Gasteiger charge is 2.35. The third-order valence-corrected chi connectivity index (χ3v) is 7.76. The molecule has 1 amide bonds. The largest absolute Gasteiger partial charge is 0.487 e. The second kappa shape index (κ2) is 9.34. The van der Waals surface area contributed by atoms with Gasteiger partial charge in [0.15, 0.2) is 0 Å². The predicted molar refractivity (Wildman–Crippen MR) is 133 cm³/mol. The topological polar surface area (TPSA) is 75.7 Å². The van der Waals surface area contributed by atoms with Gasteiger partial charge in [0.05, 0.1) is 16.6 Å². The number of hydrogen-bond donors (Lipinski definition) is 1. The maximum Gasteiger partial charge on any atom is 0.264 e. The Bertz CT molecular complexity index is 1340. The van der Waals surface area contributed by atoms with E-state index in [2.05, 4.69) is 5.32 Å². The van der Waals surface area contributed by atoms with Crippen molar-refractivity contribution in [3.63, 3.8) is 0 Å². The Kier molecular flexibility index (Phi) is 6.60. The summed E-state index contributed by atoms with van der Waals surface area (Å²) >= 11 is 0. The number of carbonyl (C=O) groups excluding carboxylic acids is 1. The molecule has 1 heterocycles. The molecule has 0 saturated carbocycles. The Balaban J connectivity index is 1.65. The van der Waals surface area contributed by atoms with Crippen molar-refractivity contribution in [3.8, 4) is 5.75 Å². The van der Waals surface area contributed by atoms with E-state index >= 15 is 0 Å². The average molecular weight is 497 g/mol. The highest BCUT2D eigenvalue weighted by atomic mass is 32.2. The number of fused-ring (bicyclic) bond motifs is 1. The van der Waals surface area contributed by atoms with Crippen LogP contribution in [0.15, 0.2) is 71.6 Å². The summed E-state index contributed by atoms with van der Waals surface area (Å²) in [4.78, 5) is 13.2. The van der Waals surface area contributed by atoms with Gasteiger partial charge >= 0.3 is 0 Å². The standard InChI is InChI=1S/C27H29FN2O4S/c1-18-5-10-21(11-6-18)30(35(32,33)22-12-8-20(28)9-13-22)17-26(31)29-24-16-27(3,4)34-25-14-7-19(2)15-23(24)25/h5-15,24H,16-17H2,1-4H3,(H,29,31). The number of nitrogens with one attached hydrogen (secondary N) is 1. The number of halogens is 1. The first-order valence-corrected chi connectivity index (χ1v) is 12.8. The zero-order chi connectivity index (χ0) is 25.4. The molecule has 4 rings (SSSR count). The van der Waals surface area contributed by atoms with Crippen molar-refractivity contribution in [2.75, 3.05) is 10.8 Å². The Labute approximate surface area is 205 Å². The smallest absolute Gasteiger partial charge is 0.264 e. The number of rotatable bonds is 6. The molecule has 0 radical (unpaired) electrons. The van der Waals surface area contributed by atoms with E-state index < -0.39 is 33.9 Å². The van der Waals surface area contributed by atoms with Gasteiger partial charge in [-0.2, -0.15) is 0 Å². The molecule has 1 aliphatic rings. The minimum atomic E-state index is -4.13. The summed E-state index contributed by atoms with van der Waals surface area (Å²) in [6.07, 6.45) is 0.532. The van der Waals surface area contributed by atoms with Gasteiger partial charge in [0, 0.05) is 12.0 Å². The van der Waals surface area contributed by atoms with E-state index in [1.165, 1.54) is 12.1 Å². The molecule has 0 spiro atoms. The van der Waals surface area contributed by atoms with Gasteiger partial charge < -0.3 is 10.1 Å². The van der Waals surface area contributed by atoms with Crippen LogP contribution in [-0.4, -0.2) is 26.5 Å². The summed E-state index contributed by atoms with van der Waals surface area (Å²) in [7, 11) is -4.13. The predicted octanol–water partition coefficient (Wildman–Crippen LogP) is 5.06. The van der Waals surface area contributed by atoms with Crippen molar-refractivity contribution in [3.05, 3.63) is 89.2 Å². The lowest BCUT2D eigenvalue weighted by molar-refractivity contribution is -0.120. The molecule has 1 aliphatic heterocycles.